The highest BCUT2D eigenvalue weighted by Crippen LogP contribution is 2.39. The molecule has 1 unspecified atom stereocenters. The number of β-amino-alcohol motifs (C(OH)–C–C–N with tert-alkyl or cyclic N) is 1. The Morgan fingerprint density at radius 1 is 1.06 bits per heavy atom. The zero-order chi connectivity index (χ0) is 25.5. The Kier molecular flexibility index (Phi) is 9.01. The number of carbonyl (C=O) groups is 1. The quantitative estimate of drug-likeness (QED) is 0.497. The second-order valence-electron chi connectivity index (χ2n) is 9.19. The Morgan fingerprint density at radius 2 is 1.67 bits per heavy atom. The van der Waals surface area contributed by atoms with Crippen molar-refractivity contribution in [2.45, 2.75) is 18.9 Å². The number of ether oxygens (including phenoxy) is 4. The van der Waals surface area contributed by atoms with Gasteiger partial charge in [-0.05, 0) is 49.2 Å². The van der Waals surface area contributed by atoms with Crippen molar-refractivity contribution < 1.29 is 33.2 Å². The Bertz CT molecular complexity index is 979. The number of Topliss-reactive ketones (excluding diaryl/α,β-unsaturated/α-hetero) is 1. The van der Waals surface area contributed by atoms with Crippen LogP contribution in [0.15, 0.2) is 36.4 Å². The summed E-state index contributed by atoms with van der Waals surface area (Å²) in [5.41, 5.74) is 1.51. The maximum absolute atomic E-state index is 13.2. The summed E-state index contributed by atoms with van der Waals surface area (Å²) >= 11 is 0. The molecule has 2 heterocycles. The third-order valence-electron chi connectivity index (χ3n) is 6.79. The van der Waals surface area contributed by atoms with Crippen molar-refractivity contribution in [3.05, 3.63) is 47.8 Å². The summed E-state index contributed by atoms with van der Waals surface area (Å²) in [5, 5.41) is 10.6. The third kappa shape index (κ3) is 6.46. The highest BCUT2D eigenvalue weighted by molar-refractivity contribution is 5.99. The number of hydrogen-bond acceptors (Lipinski definition) is 8. The predicted molar refractivity (Wildman–Crippen MR) is 134 cm³/mol. The summed E-state index contributed by atoms with van der Waals surface area (Å²) in [6.07, 6.45) is 0.679. The number of anilines is 1. The number of nitrogens with zero attached hydrogens (tertiary/aromatic N) is 2. The largest absolute Gasteiger partial charge is 0.493 e. The molecule has 0 amide bonds. The van der Waals surface area contributed by atoms with E-state index in [9.17, 15) is 14.3 Å². The fraction of sp³-hybridized carbons (Fsp3) is 0.519. The van der Waals surface area contributed by atoms with Gasteiger partial charge in [-0.15, -0.1) is 0 Å². The standard InChI is InChI=1S/C27H35FN2O6/c1-33-24-15-20(26(32)19-7-13-35-14-8-19)16-25(34-2)27(24)36-18-23(31)17-29-9-11-30(12-10-29)22-5-3-21(28)4-6-22/h3-6,15-16,19,23,31H,7-14,17-18H2,1-2H3. The molecule has 9 heteroatoms. The maximum atomic E-state index is 13.2. The Hall–Kier alpha value is -2.88. The third-order valence-corrected chi connectivity index (χ3v) is 6.79. The fourth-order valence-electron chi connectivity index (χ4n) is 4.73. The molecule has 0 spiro atoms. The number of hydrogen-bond donors (Lipinski definition) is 1. The normalized spacial score (nSPS) is 18.1. The highest BCUT2D eigenvalue weighted by atomic mass is 19.1. The van der Waals surface area contributed by atoms with Crippen molar-refractivity contribution in [1.29, 1.82) is 0 Å². The zero-order valence-corrected chi connectivity index (χ0v) is 21.0. The Balaban J connectivity index is 1.32. The number of benzene rings is 2. The number of aliphatic hydroxyl groups is 1. The van der Waals surface area contributed by atoms with Crippen molar-refractivity contribution in [3.8, 4) is 17.2 Å². The monoisotopic (exact) mass is 502 g/mol. The molecule has 0 aliphatic carbocycles. The average molecular weight is 503 g/mol. The lowest BCUT2D eigenvalue weighted by molar-refractivity contribution is 0.0543. The van der Waals surface area contributed by atoms with Gasteiger partial charge in [0.25, 0.3) is 0 Å². The SMILES string of the molecule is COc1cc(C(=O)C2CCOCC2)cc(OC)c1OCC(O)CN1CCN(c2ccc(F)cc2)CC1. The summed E-state index contributed by atoms with van der Waals surface area (Å²) in [5.74, 6) is 0.874. The molecule has 0 saturated carbocycles. The minimum absolute atomic E-state index is 0.0428. The number of aliphatic hydroxyl groups excluding tert-OH is 1. The molecule has 196 valence electrons. The van der Waals surface area contributed by atoms with Crippen LogP contribution in [0.5, 0.6) is 17.2 Å². The highest BCUT2D eigenvalue weighted by Gasteiger charge is 2.26. The molecule has 0 aromatic heterocycles. The zero-order valence-electron chi connectivity index (χ0n) is 21.0. The van der Waals surface area contributed by atoms with Crippen LogP contribution in [0.4, 0.5) is 10.1 Å². The van der Waals surface area contributed by atoms with Gasteiger partial charge in [0.05, 0.1) is 14.2 Å². The van der Waals surface area contributed by atoms with Gasteiger partial charge >= 0.3 is 0 Å². The van der Waals surface area contributed by atoms with E-state index < -0.39 is 6.10 Å². The predicted octanol–water partition coefficient (Wildman–Crippen LogP) is 3.01. The van der Waals surface area contributed by atoms with Gasteiger partial charge in [0.15, 0.2) is 17.3 Å². The molecular formula is C27H35FN2O6. The van der Waals surface area contributed by atoms with Crippen LogP contribution in [0.25, 0.3) is 0 Å². The van der Waals surface area contributed by atoms with Crippen molar-refractivity contribution in [2.24, 2.45) is 5.92 Å². The van der Waals surface area contributed by atoms with Crippen LogP contribution >= 0.6 is 0 Å². The van der Waals surface area contributed by atoms with E-state index in [0.717, 1.165) is 31.9 Å². The molecule has 2 aromatic carbocycles. The fourth-order valence-corrected chi connectivity index (χ4v) is 4.73. The lowest BCUT2D eigenvalue weighted by Gasteiger charge is -2.36. The van der Waals surface area contributed by atoms with Crippen molar-refractivity contribution in [2.75, 3.05) is 71.7 Å². The Labute approximate surface area is 211 Å². The van der Waals surface area contributed by atoms with Crippen molar-refractivity contribution in [3.63, 3.8) is 0 Å². The minimum atomic E-state index is -0.722. The summed E-state index contributed by atoms with van der Waals surface area (Å²) in [6.45, 7) is 4.84. The molecule has 2 aliphatic heterocycles. The molecule has 4 rings (SSSR count). The molecule has 2 aromatic rings. The first-order valence-electron chi connectivity index (χ1n) is 12.4. The Morgan fingerprint density at radius 3 is 2.25 bits per heavy atom. The van der Waals surface area contributed by atoms with E-state index in [-0.39, 0.29) is 24.1 Å². The average Bonchev–Trinajstić information content (AvgIpc) is 2.92. The van der Waals surface area contributed by atoms with Gasteiger partial charge in [-0.2, -0.15) is 0 Å². The lowest BCUT2D eigenvalue weighted by Crippen LogP contribution is -2.49. The summed E-state index contributed by atoms with van der Waals surface area (Å²) in [4.78, 5) is 17.4. The molecule has 1 atom stereocenters. The van der Waals surface area contributed by atoms with Crippen LogP contribution < -0.4 is 19.1 Å². The molecule has 2 saturated heterocycles. The van der Waals surface area contributed by atoms with E-state index in [4.69, 9.17) is 18.9 Å². The second-order valence-corrected chi connectivity index (χ2v) is 9.19. The van der Waals surface area contributed by atoms with Crippen molar-refractivity contribution >= 4 is 11.5 Å². The minimum Gasteiger partial charge on any atom is -0.493 e. The molecule has 1 N–H and O–H groups in total. The van der Waals surface area contributed by atoms with Crippen LogP contribution in [0, 0.1) is 11.7 Å². The molecule has 2 fully saturated rings. The van der Waals surface area contributed by atoms with Crippen LogP contribution in [0.3, 0.4) is 0 Å². The number of piperazine rings is 1. The van der Waals surface area contributed by atoms with Crippen LogP contribution in [-0.4, -0.2) is 88.7 Å². The van der Waals surface area contributed by atoms with Gasteiger partial charge < -0.3 is 29.0 Å². The summed E-state index contributed by atoms with van der Waals surface area (Å²) < 4.78 is 35.5. The molecule has 0 bridgehead atoms. The maximum Gasteiger partial charge on any atom is 0.203 e. The summed E-state index contributed by atoms with van der Waals surface area (Å²) in [6, 6.07) is 9.87. The van der Waals surface area contributed by atoms with Gasteiger partial charge in [-0.1, -0.05) is 0 Å². The molecule has 0 radical (unpaired) electrons. The van der Waals surface area contributed by atoms with Gasteiger partial charge in [-0.3, -0.25) is 9.69 Å². The number of methoxy groups -OCH3 is 2. The summed E-state index contributed by atoms with van der Waals surface area (Å²) in [7, 11) is 3.03. The van der Waals surface area contributed by atoms with E-state index in [1.165, 1.54) is 26.4 Å². The molecule has 36 heavy (non-hydrogen) atoms. The van der Waals surface area contributed by atoms with Crippen molar-refractivity contribution in [1.82, 2.24) is 4.90 Å². The van der Waals surface area contributed by atoms with E-state index in [1.807, 2.05) is 0 Å². The first-order chi connectivity index (χ1) is 17.5. The van der Waals surface area contributed by atoms with Gasteiger partial charge in [0.1, 0.15) is 18.5 Å². The number of ketones is 1. The van der Waals surface area contributed by atoms with E-state index in [1.54, 1.807) is 24.3 Å². The first kappa shape index (κ1) is 26.2. The number of carbonyl (C=O) groups excluding carboxylic acids is 1. The molecule has 2 aliphatic rings. The molecule has 8 nitrogen and oxygen atoms in total. The van der Waals surface area contributed by atoms with Crippen LogP contribution in [0.1, 0.15) is 23.2 Å². The number of halogens is 1. The smallest absolute Gasteiger partial charge is 0.203 e. The van der Waals surface area contributed by atoms with E-state index >= 15 is 0 Å². The van der Waals surface area contributed by atoms with E-state index in [2.05, 4.69) is 9.80 Å². The number of rotatable bonds is 10. The topological polar surface area (TPSA) is 80.7 Å². The first-order valence-corrected chi connectivity index (χ1v) is 12.4. The van der Waals surface area contributed by atoms with E-state index in [0.29, 0.717) is 55.4 Å². The molecular weight excluding hydrogens is 467 g/mol. The second kappa shape index (κ2) is 12.4. The van der Waals surface area contributed by atoms with Crippen LogP contribution in [0.2, 0.25) is 0 Å². The van der Waals surface area contributed by atoms with Gasteiger partial charge in [-0.25, -0.2) is 4.39 Å². The van der Waals surface area contributed by atoms with Gasteiger partial charge in [0.2, 0.25) is 5.75 Å². The lowest BCUT2D eigenvalue weighted by atomic mass is 9.90. The van der Waals surface area contributed by atoms with Crippen LogP contribution in [-0.2, 0) is 4.74 Å². The van der Waals surface area contributed by atoms with Gasteiger partial charge in [0, 0.05) is 63.1 Å².